The van der Waals surface area contributed by atoms with E-state index in [9.17, 15) is 9.59 Å². The van der Waals surface area contributed by atoms with Crippen LogP contribution in [0.2, 0.25) is 0 Å². The summed E-state index contributed by atoms with van der Waals surface area (Å²) in [5, 5.41) is 5.72. The van der Waals surface area contributed by atoms with E-state index in [1.54, 1.807) is 0 Å². The first-order valence-corrected chi connectivity index (χ1v) is 11.4. The van der Waals surface area contributed by atoms with Gasteiger partial charge in [-0.3, -0.25) is 9.59 Å². The Balaban J connectivity index is 2.00. The fraction of sp³-hybridized carbons (Fsp3) is 0.667. The van der Waals surface area contributed by atoms with Gasteiger partial charge in [0.05, 0.1) is 0 Å². The average Bonchev–Trinajstić information content (AvgIpc) is 2.70. The van der Waals surface area contributed by atoms with E-state index in [-0.39, 0.29) is 11.8 Å². The van der Waals surface area contributed by atoms with E-state index < -0.39 is 0 Å². The lowest BCUT2D eigenvalue weighted by Crippen LogP contribution is -2.12. The highest BCUT2D eigenvalue weighted by Gasteiger charge is 2.03. The summed E-state index contributed by atoms with van der Waals surface area (Å²) >= 11 is 0. The van der Waals surface area contributed by atoms with Crippen molar-refractivity contribution in [3.05, 3.63) is 24.3 Å². The smallest absolute Gasteiger partial charge is 0.224 e. The number of hydrogen-bond acceptors (Lipinski definition) is 2. The van der Waals surface area contributed by atoms with Crippen molar-refractivity contribution in [2.24, 2.45) is 0 Å². The van der Waals surface area contributed by atoms with E-state index in [4.69, 9.17) is 0 Å². The van der Waals surface area contributed by atoms with Gasteiger partial charge in [0.25, 0.3) is 0 Å². The zero-order chi connectivity index (χ0) is 20.5. The van der Waals surface area contributed by atoms with E-state index >= 15 is 0 Å². The molecule has 0 atom stereocenters. The normalized spacial score (nSPS) is 10.6. The molecule has 0 bridgehead atoms. The van der Waals surface area contributed by atoms with Crippen LogP contribution in [0.15, 0.2) is 24.3 Å². The molecule has 0 aliphatic carbocycles. The summed E-state index contributed by atoms with van der Waals surface area (Å²) in [4.78, 5) is 23.4. The largest absolute Gasteiger partial charge is 0.326 e. The van der Waals surface area contributed by atoms with Crippen LogP contribution in [-0.4, -0.2) is 11.8 Å². The zero-order valence-electron chi connectivity index (χ0n) is 18.0. The molecule has 0 heterocycles. The third kappa shape index (κ3) is 12.5. The third-order valence-electron chi connectivity index (χ3n) is 5.03. The molecule has 0 radical (unpaired) electrons. The summed E-state index contributed by atoms with van der Waals surface area (Å²) in [6.07, 6.45) is 16.6. The highest BCUT2D eigenvalue weighted by molar-refractivity contribution is 5.92. The van der Waals surface area contributed by atoms with Crippen LogP contribution >= 0.6 is 0 Å². The van der Waals surface area contributed by atoms with Gasteiger partial charge in [0.15, 0.2) is 0 Å². The van der Waals surface area contributed by atoms with Gasteiger partial charge in [0, 0.05) is 24.2 Å². The SMILES string of the molecule is CCCCCCCCCCCCCCC(=O)Nc1ccc(NC(=O)CC)cc1. The summed E-state index contributed by atoms with van der Waals surface area (Å²) in [5.74, 6) is 0.0567. The maximum Gasteiger partial charge on any atom is 0.224 e. The Morgan fingerprint density at radius 1 is 0.607 bits per heavy atom. The van der Waals surface area contributed by atoms with Gasteiger partial charge in [-0.15, -0.1) is 0 Å². The number of amides is 2. The minimum atomic E-state index is -0.0104. The number of hydrogen-bond donors (Lipinski definition) is 2. The second-order valence-electron chi connectivity index (χ2n) is 7.67. The molecule has 1 rings (SSSR count). The number of carbonyl (C=O) groups is 2. The van der Waals surface area contributed by atoms with Gasteiger partial charge in [0.2, 0.25) is 11.8 Å². The quantitative estimate of drug-likeness (QED) is 0.298. The van der Waals surface area contributed by atoms with Crippen molar-refractivity contribution in [1.29, 1.82) is 0 Å². The Kier molecular flexibility index (Phi) is 14.0. The number of unbranched alkanes of at least 4 members (excludes halogenated alkanes) is 11. The molecule has 1 aromatic rings. The molecule has 0 aromatic heterocycles. The second kappa shape index (κ2) is 16.1. The van der Waals surface area contributed by atoms with Crippen LogP contribution in [0, 0.1) is 0 Å². The molecule has 0 fully saturated rings. The first-order valence-electron chi connectivity index (χ1n) is 11.4. The molecular formula is C24H40N2O2. The highest BCUT2D eigenvalue weighted by atomic mass is 16.2. The van der Waals surface area contributed by atoms with Crippen molar-refractivity contribution in [3.8, 4) is 0 Å². The molecule has 2 N–H and O–H groups in total. The van der Waals surface area contributed by atoms with Gasteiger partial charge in [-0.1, -0.05) is 84.5 Å². The van der Waals surface area contributed by atoms with E-state index in [0.29, 0.717) is 12.8 Å². The van der Waals surface area contributed by atoms with Crippen molar-refractivity contribution in [2.75, 3.05) is 10.6 Å². The molecule has 1 aromatic carbocycles. The molecule has 0 saturated carbocycles. The molecule has 0 aliphatic rings. The second-order valence-corrected chi connectivity index (χ2v) is 7.67. The standard InChI is InChI=1S/C24H40N2O2/c1-3-5-6-7-8-9-10-11-12-13-14-15-16-24(28)26-22-19-17-21(18-20-22)25-23(27)4-2/h17-20H,3-16H2,1-2H3,(H,25,27)(H,26,28). The number of benzene rings is 1. The predicted molar refractivity (Wildman–Crippen MR) is 120 cm³/mol. The fourth-order valence-corrected chi connectivity index (χ4v) is 3.24. The molecule has 28 heavy (non-hydrogen) atoms. The van der Waals surface area contributed by atoms with Crippen LogP contribution in [0.1, 0.15) is 104 Å². The lowest BCUT2D eigenvalue weighted by atomic mass is 10.0. The van der Waals surface area contributed by atoms with Crippen LogP contribution in [-0.2, 0) is 9.59 Å². The molecule has 158 valence electrons. The number of nitrogens with one attached hydrogen (secondary N) is 2. The number of carbonyl (C=O) groups excluding carboxylic acids is 2. The van der Waals surface area contributed by atoms with Crippen LogP contribution < -0.4 is 10.6 Å². The summed E-state index contributed by atoms with van der Waals surface area (Å²) < 4.78 is 0. The number of anilines is 2. The van der Waals surface area contributed by atoms with Crippen LogP contribution in [0.4, 0.5) is 11.4 Å². The lowest BCUT2D eigenvalue weighted by molar-refractivity contribution is -0.117. The van der Waals surface area contributed by atoms with Crippen molar-refractivity contribution in [1.82, 2.24) is 0 Å². The summed E-state index contributed by atoms with van der Waals surface area (Å²) in [6, 6.07) is 7.27. The topological polar surface area (TPSA) is 58.2 Å². The molecule has 0 aliphatic heterocycles. The van der Waals surface area contributed by atoms with Crippen LogP contribution in [0.5, 0.6) is 0 Å². The molecule has 0 unspecified atom stereocenters. The lowest BCUT2D eigenvalue weighted by Gasteiger charge is -2.07. The molecule has 4 heteroatoms. The van der Waals surface area contributed by atoms with Gasteiger partial charge in [-0.2, -0.15) is 0 Å². The molecule has 0 saturated heterocycles. The Hall–Kier alpha value is -1.84. The van der Waals surface area contributed by atoms with Gasteiger partial charge in [0.1, 0.15) is 0 Å². The van der Waals surface area contributed by atoms with E-state index in [0.717, 1.165) is 24.2 Å². The Morgan fingerprint density at radius 2 is 1.00 bits per heavy atom. The Bertz CT molecular complexity index is 540. The monoisotopic (exact) mass is 388 g/mol. The van der Waals surface area contributed by atoms with Crippen molar-refractivity contribution in [2.45, 2.75) is 104 Å². The Labute approximate surface area is 171 Å². The van der Waals surface area contributed by atoms with Crippen molar-refractivity contribution in [3.63, 3.8) is 0 Å². The van der Waals surface area contributed by atoms with E-state index in [1.807, 2.05) is 31.2 Å². The van der Waals surface area contributed by atoms with Gasteiger partial charge in [-0.25, -0.2) is 0 Å². The first-order chi connectivity index (χ1) is 13.7. The summed E-state index contributed by atoms with van der Waals surface area (Å²) in [5.41, 5.74) is 1.53. The molecular weight excluding hydrogens is 348 g/mol. The maximum atomic E-state index is 12.0. The first kappa shape index (κ1) is 24.2. The maximum absolute atomic E-state index is 12.0. The van der Waals surface area contributed by atoms with E-state index in [2.05, 4.69) is 17.6 Å². The van der Waals surface area contributed by atoms with Crippen LogP contribution in [0.25, 0.3) is 0 Å². The van der Waals surface area contributed by atoms with Crippen molar-refractivity contribution >= 4 is 23.2 Å². The number of rotatable bonds is 16. The molecule has 4 nitrogen and oxygen atoms in total. The summed E-state index contributed by atoms with van der Waals surface area (Å²) in [6.45, 7) is 4.08. The predicted octanol–water partition coefficient (Wildman–Crippen LogP) is 7.06. The average molecular weight is 389 g/mol. The van der Waals surface area contributed by atoms with E-state index in [1.165, 1.54) is 64.2 Å². The minimum Gasteiger partial charge on any atom is -0.326 e. The third-order valence-corrected chi connectivity index (χ3v) is 5.03. The Morgan fingerprint density at radius 3 is 1.43 bits per heavy atom. The molecule has 0 spiro atoms. The zero-order valence-corrected chi connectivity index (χ0v) is 18.0. The summed E-state index contributed by atoms with van der Waals surface area (Å²) in [7, 11) is 0. The van der Waals surface area contributed by atoms with Gasteiger partial charge >= 0.3 is 0 Å². The molecule has 2 amide bonds. The van der Waals surface area contributed by atoms with Crippen LogP contribution in [0.3, 0.4) is 0 Å². The van der Waals surface area contributed by atoms with Gasteiger partial charge < -0.3 is 10.6 Å². The van der Waals surface area contributed by atoms with Gasteiger partial charge in [-0.05, 0) is 30.7 Å². The fourth-order valence-electron chi connectivity index (χ4n) is 3.24. The minimum absolute atomic E-state index is 0.0104. The van der Waals surface area contributed by atoms with Crippen molar-refractivity contribution < 1.29 is 9.59 Å². The highest BCUT2D eigenvalue weighted by Crippen LogP contribution is 2.15.